The molecule has 0 amide bonds. The molecule has 0 aliphatic heterocycles. The summed E-state index contributed by atoms with van der Waals surface area (Å²) in [5.41, 5.74) is 7.64. The number of benzene rings is 1. The van der Waals surface area contributed by atoms with Crippen LogP contribution >= 0.6 is 23.2 Å². The van der Waals surface area contributed by atoms with E-state index in [2.05, 4.69) is 4.98 Å². The highest BCUT2D eigenvalue weighted by Gasteiger charge is 2.10. The van der Waals surface area contributed by atoms with Gasteiger partial charge in [0.2, 0.25) is 0 Å². The molecule has 0 fully saturated rings. The molecule has 1 aromatic carbocycles. The number of halogens is 2. The first kappa shape index (κ1) is 13.1. The molecule has 0 saturated carbocycles. The van der Waals surface area contributed by atoms with Gasteiger partial charge in [-0.15, -0.1) is 0 Å². The van der Waals surface area contributed by atoms with Crippen LogP contribution in [0.15, 0.2) is 36.5 Å². The Bertz CT molecular complexity index is 540. The van der Waals surface area contributed by atoms with Crippen molar-refractivity contribution < 1.29 is 0 Å². The summed E-state index contributed by atoms with van der Waals surface area (Å²) in [5.74, 6) is 0.668. The van der Waals surface area contributed by atoms with Crippen molar-refractivity contribution in [1.29, 1.82) is 0 Å². The molecule has 3 nitrogen and oxygen atoms in total. The molecule has 0 unspecified atom stereocenters. The lowest BCUT2D eigenvalue weighted by molar-refractivity contribution is 1.06. The third-order valence-electron chi connectivity index (χ3n) is 2.67. The number of pyridine rings is 1. The van der Waals surface area contributed by atoms with Gasteiger partial charge in [-0.25, -0.2) is 4.98 Å². The molecule has 0 aliphatic rings. The summed E-state index contributed by atoms with van der Waals surface area (Å²) in [4.78, 5) is 6.14. The van der Waals surface area contributed by atoms with E-state index in [1.165, 1.54) is 0 Å². The van der Waals surface area contributed by atoms with Crippen LogP contribution in [-0.2, 0) is 6.54 Å². The zero-order valence-electron chi connectivity index (χ0n) is 9.90. The summed E-state index contributed by atoms with van der Waals surface area (Å²) >= 11 is 12.0. The van der Waals surface area contributed by atoms with Gasteiger partial charge >= 0.3 is 0 Å². The number of anilines is 2. The Balaban J connectivity index is 2.31. The SMILES string of the molecule is CN(c1ccc(CN)cc1)c1ncc(Cl)cc1Cl. The third-order valence-corrected chi connectivity index (χ3v) is 3.15. The quantitative estimate of drug-likeness (QED) is 0.935. The van der Waals surface area contributed by atoms with E-state index in [1.54, 1.807) is 12.3 Å². The second-order valence-corrected chi connectivity index (χ2v) is 4.73. The molecule has 0 saturated heterocycles. The monoisotopic (exact) mass is 281 g/mol. The van der Waals surface area contributed by atoms with Crippen LogP contribution in [0.4, 0.5) is 11.5 Å². The van der Waals surface area contributed by atoms with Crippen LogP contribution in [0.2, 0.25) is 10.0 Å². The first-order chi connectivity index (χ1) is 8.61. The first-order valence-corrected chi connectivity index (χ1v) is 6.21. The standard InChI is InChI=1S/C13H13Cl2N3/c1-18(11-4-2-9(7-16)3-5-11)13-12(15)6-10(14)8-17-13/h2-6,8H,7,16H2,1H3. The Labute approximate surface area is 116 Å². The highest BCUT2D eigenvalue weighted by molar-refractivity contribution is 6.36. The Kier molecular flexibility index (Phi) is 4.07. The maximum absolute atomic E-state index is 6.12. The van der Waals surface area contributed by atoms with Gasteiger partial charge in [-0.3, -0.25) is 0 Å². The van der Waals surface area contributed by atoms with E-state index in [9.17, 15) is 0 Å². The lowest BCUT2D eigenvalue weighted by Crippen LogP contribution is -2.11. The maximum atomic E-state index is 6.12. The molecule has 2 rings (SSSR count). The van der Waals surface area contributed by atoms with Crippen molar-refractivity contribution >= 4 is 34.7 Å². The van der Waals surface area contributed by atoms with Gasteiger partial charge in [0.1, 0.15) is 0 Å². The zero-order valence-corrected chi connectivity index (χ0v) is 11.4. The average Bonchev–Trinajstić information content (AvgIpc) is 2.38. The van der Waals surface area contributed by atoms with Gasteiger partial charge in [-0.05, 0) is 23.8 Å². The summed E-state index contributed by atoms with van der Waals surface area (Å²) in [6.45, 7) is 0.532. The Morgan fingerprint density at radius 2 is 1.89 bits per heavy atom. The van der Waals surface area contributed by atoms with E-state index in [0.29, 0.717) is 22.4 Å². The van der Waals surface area contributed by atoms with Crippen LogP contribution in [0.3, 0.4) is 0 Å². The topological polar surface area (TPSA) is 42.1 Å². The Hall–Kier alpha value is -1.29. The van der Waals surface area contributed by atoms with E-state index in [4.69, 9.17) is 28.9 Å². The lowest BCUT2D eigenvalue weighted by Gasteiger charge is -2.19. The smallest absolute Gasteiger partial charge is 0.151 e. The summed E-state index contributed by atoms with van der Waals surface area (Å²) in [7, 11) is 1.90. The van der Waals surface area contributed by atoms with Gasteiger partial charge in [0.15, 0.2) is 5.82 Å². The maximum Gasteiger partial charge on any atom is 0.151 e. The van der Waals surface area contributed by atoms with Crippen LogP contribution in [0, 0.1) is 0 Å². The van der Waals surface area contributed by atoms with Crippen LogP contribution in [-0.4, -0.2) is 12.0 Å². The fraction of sp³-hybridized carbons (Fsp3) is 0.154. The Morgan fingerprint density at radius 3 is 2.44 bits per heavy atom. The van der Waals surface area contributed by atoms with Gasteiger partial charge in [0.05, 0.1) is 10.0 Å². The average molecular weight is 282 g/mol. The van der Waals surface area contributed by atoms with Crippen molar-refractivity contribution in [1.82, 2.24) is 4.98 Å². The summed E-state index contributed by atoms with van der Waals surface area (Å²) in [6.07, 6.45) is 1.58. The number of hydrogen-bond donors (Lipinski definition) is 1. The molecule has 0 aliphatic carbocycles. The predicted octanol–water partition coefficient (Wildman–Crippen LogP) is 3.62. The fourth-order valence-electron chi connectivity index (χ4n) is 1.63. The molecular formula is C13H13Cl2N3. The second kappa shape index (κ2) is 5.57. The fourth-order valence-corrected chi connectivity index (χ4v) is 2.14. The van der Waals surface area contributed by atoms with Gasteiger partial charge < -0.3 is 10.6 Å². The van der Waals surface area contributed by atoms with Crippen LogP contribution in [0.1, 0.15) is 5.56 Å². The molecule has 1 aromatic heterocycles. The minimum atomic E-state index is 0.521. The van der Waals surface area contributed by atoms with Crippen molar-refractivity contribution in [2.45, 2.75) is 6.54 Å². The van der Waals surface area contributed by atoms with Crippen molar-refractivity contribution in [2.24, 2.45) is 5.73 Å². The van der Waals surface area contributed by atoms with E-state index >= 15 is 0 Å². The van der Waals surface area contributed by atoms with Gasteiger partial charge in [-0.1, -0.05) is 35.3 Å². The molecule has 5 heteroatoms. The van der Waals surface area contributed by atoms with Crippen molar-refractivity contribution in [2.75, 3.05) is 11.9 Å². The minimum absolute atomic E-state index is 0.521. The predicted molar refractivity (Wildman–Crippen MR) is 76.7 cm³/mol. The number of aromatic nitrogens is 1. The van der Waals surface area contributed by atoms with Crippen molar-refractivity contribution in [3.8, 4) is 0 Å². The van der Waals surface area contributed by atoms with E-state index < -0.39 is 0 Å². The highest BCUT2D eigenvalue weighted by Crippen LogP contribution is 2.30. The summed E-state index contributed by atoms with van der Waals surface area (Å²) in [6, 6.07) is 9.60. The molecule has 2 N–H and O–H groups in total. The molecule has 94 valence electrons. The first-order valence-electron chi connectivity index (χ1n) is 5.45. The van der Waals surface area contributed by atoms with Crippen LogP contribution in [0.5, 0.6) is 0 Å². The van der Waals surface area contributed by atoms with Crippen molar-refractivity contribution in [3.63, 3.8) is 0 Å². The summed E-state index contributed by atoms with van der Waals surface area (Å²) < 4.78 is 0. The normalized spacial score (nSPS) is 10.4. The molecule has 18 heavy (non-hydrogen) atoms. The number of nitrogens with two attached hydrogens (primary N) is 1. The molecule has 0 spiro atoms. The van der Waals surface area contributed by atoms with Crippen LogP contribution < -0.4 is 10.6 Å². The van der Waals surface area contributed by atoms with E-state index in [0.717, 1.165) is 11.3 Å². The van der Waals surface area contributed by atoms with E-state index in [-0.39, 0.29) is 0 Å². The van der Waals surface area contributed by atoms with Crippen molar-refractivity contribution in [3.05, 3.63) is 52.1 Å². The lowest BCUT2D eigenvalue weighted by atomic mass is 10.2. The molecule has 0 bridgehead atoms. The zero-order chi connectivity index (χ0) is 13.1. The third kappa shape index (κ3) is 2.75. The molecule has 1 heterocycles. The van der Waals surface area contributed by atoms with Gasteiger partial charge in [0.25, 0.3) is 0 Å². The molecular weight excluding hydrogens is 269 g/mol. The van der Waals surface area contributed by atoms with E-state index in [1.807, 2.05) is 36.2 Å². The molecule has 0 radical (unpaired) electrons. The second-order valence-electron chi connectivity index (χ2n) is 3.89. The van der Waals surface area contributed by atoms with Crippen LogP contribution in [0.25, 0.3) is 0 Å². The molecule has 2 aromatic rings. The highest BCUT2D eigenvalue weighted by atomic mass is 35.5. The Morgan fingerprint density at radius 1 is 1.22 bits per heavy atom. The minimum Gasteiger partial charge on any atom is -0.328 e. The largest absolute Gasteiger partial charge is 0.328 e. The number of rotatable bonds is 3. The van der Waals surface area contributed by atoms with Gasteiger partial charge in [-0.2, -0.15) is 0 Å². The number of hydrogen-bond acceptors (Lipinski definition) is 3. The molecule has 0 atom stereocenters. The number of nitrogens with zero attached hydrogens (tertiary/aromatic N) is 2. The summed E-state index contributed by atoms with van der Waals surface area (Å²) in [5, 5.41) is 1.04. The van der Waals surface area contributed by atoms with Gasteiger partial charge in [0, 0.05) is 25.5 Å².